The SMILES string of the molecule is CS(=O)(=O)N[C@H]1CCN(c2ccccn2)C[C@H]1CO[C@H]1CC[C@@H](c2cccc(C#N)c2)CC1. The van der Waals surface area contributed by atoms with Gasteiger partial charge in [-0.25, -0.2) is 18.1 Å². The minimum absolute atomic E-state index is 0.0560. The molecule has 8 heteroatoms. The van der Waals surface area contributed by atoms with Gasteiger partial charge in [-0.2, -0.15) is 5.26 Å². The van der Waals surface area contributed by atoms with Crippen LogP contribution in [0.2, 0.25) is 0 Å². The van der Waals surface area contributed by atoms with E-state index in [1.54, 1.807) is 6.20 Å². The molecule has 7 nitrogen and oxygen atoms in total. The van der Waals surface area contributed by atoms with Crippen LogP contribution in [0.4, 0.5) is 5.82 Å². The zero-order chi connectivity index (χ0) is 23.3. The molecule has 1 aromatic heterocycles. The van der Waals surface area contributed by atoms with Crippen molar-refractivity contribution in [3.05, 3.63) is 59.8 Å². The molecular formula is C25H32N4O3S. The lowest BCUT2D eigenvalue weighted by atomic mass is 9.82. The number of ether oxygens (including phenoxy) is 1. The second-order valence-corrected chi connectivity index (χ2v) is 11.0. The van der Waals surface area contributed by atoms with Crippen LogP contribution >= 0.6 is 0 Å². The molecule has 33 heavy (non-hydrogen) atoms. The lowest BCUT2D eigenvalue weighted by Gasteiger charge is -2.40. The zero-order valence-corrected chi connectivity index (χ0v) is 19.9. The third-order valence-electron chi connectivity index (χ3n) is 6.78. The molecule has 2 aliphatic rings. The summed E-state index contributed by atoms with van der Waals surface area (Å²) < 4.78 is 33.0. The number of nitrogens with one attached hydrogen (secondary N) is 1. The Morgan fingerprint density at radius 3 is 2.67 bits per heavy atom. The number of hydrogen-bond donors (Lipinski definition) is 1. The normalized spacial score (nSPS) is 26.0. The monoisotopic (exact) mass is 468 g/mol. The number of hydrogen-bond acceptors (Lipinski definition) is 6. The van der Waals surface area contributed by atoms with Crippen molar-refractivity contribution in [3.63, 3.8) is 0 Å². The van der Waals surface area contributed by atoms with Gasteiger partial charge < -0.3 is 9.64 Å². The number of aromatic nitrogens is 1. The summed E-state index contributed by atoms with van der Waals surface area (Å²) in [6.07, 6.45) is 7.93. The molecule has 0 amide bonds. The first-order valence-corrected chi connectivity index (χ1v) is 13.6. The number of pyridine rings is 1. The highest BCUT2D eigenvalue weighted by atomic mass is 32.2. The highest BCUT2D eigenvalue weighted by Gasteiger charge is 2.33. The number of rotatable bonds is 7. The molecule has 4 rings (SSSR count). The number of sulfonamides is 1. The topological polar surface area (TPSA) is 95.3 Å². The van der Waals surface area contributed by atoms with Gasteiger partial charge in [-0.15, -0.1) is 0 Å². The van der Waals surface area contributed by atoms with Gasteiger partial charge in [0.25, 0.3) is 0 Å². The molecule has 176 valence electrons. The van der Waals surface area contributed by atoms with Crippen molar-refractivity contribution in [2.24, 2.45) is 5.92 Å². The van der Waals surface area contributed by atoms with Gasteiger partial charge in [0.2, 0.25) is 10.0 Å². The molecule has 0 radical (unpaired) electrons. The predicted octanol–water partition coefficient (Wildman–Crippen LogP) is 3.44. The van der Waals surface area contributed by atoms with E-state index < -0.39 is 10.0 Å². The number of anilines is 1. The smallest absolute Gasteiger partial charge is 0.208 e. The fourth-order valence-corrected chi connectivity index (χ4v) is 5.92. The number of piperidine rings is 1. The third kappa shape index (κ3) is 6.53. The summed E-state index contributed by atoms with van der Waals surface area (Å²) in [5.74, 6) is 1.44. The molecule has 1 aliphatic heterocycles. The Balaban J connectivity index is 1.34. The van der Waals surface area contributed by atoms with E-state index >= 15 is 0 Å². The third-order valence-corrected chi connectivity index (χ3v) is 7.51. The summed E-state index contributed by atoms with van der Waals surface area (Å²) in [5.41, 5.74) is 1.95. The Kier molecular flexibility index (Phi) is 7.63. The maximum absolute atomic E-state index is 11.9. The Morgan fingerprint density at radius 1 is 1.15 bits per heavy atom. The number of nitriles is 1. The zero-order valence-electron chi connectivity index (χ0n) is 19.1. The van der Waals surface area contributed by atoms with Crippen molar-refractivity contribution in [3.8, 4) is 6.07 Å². The van der Waals surface area contributed by atoms with Crippen molar-refractivity contribution in [2.45, 2.75) is 50.2 Å². The van der Waals surface area contributed by atoms with Crippen LogP contribution in [-0.2, 0) is 14.8 Å². The standard InChI is InChI=1S/C25H32N4O3S/c1-33(30,31)28-24-12-14-29(25-7-2-3-13-27-25)17-22(24)18-32-23-10-8-20(9-11-23)21-6-4-5-19(15-21)16-26/h2-7,13,15,20,22-24,28H,8-12,14,17-18H2,1H3/t20-,22-,23+,24-/m0/s1. The Labute approximate surface area is 196 Å². The summed E-state index contributed by atoms with van der Waals surface area (Å²) >= 11 is 0. The van der Waals surface area contributed by atoms with Crippen LogP contribution in [0.3, 0.4) is 0 Å². The Hall–Kier alpha value is -2.47. The van der Waals surface area contributed by atoms with Crippen LogP contribution in [0.5, 0.6) is 0 Å². The Bertz CT molecular complexity index is 1060. The van der Waals surface area contributed by atoms with Crippen molar-refractivity contribution in [1.29, 1.82) is 5.26 Å². The van der Waals surface area contributed by atoms with E-state index in [1.807, 2.05) is 36.4 Å². The van der Waals surface area contributed by atoms with Crippen LogP contribution in [0.25, 0.3) is 0 Å². The van der Waals surface area contributed by atoms with Crippen molar-refractivity contribution >= 4 is 15.8 Å². The minimum Gasteiger partial charge on any atom is -0.378 e. The van der Waals surface area contributed by atoms with Gasteiger partial charge >= 0.3 is 0 Å². The van der Waals surface area contributed by atoms with E-state index in [4.69, 9.17) is 10.00 Å². The van der Waals surface area contributed by atoms with E-state index in [0.717, 1.165) is 44.5 Å². The van der Waals surface area contributed by atoms with Gasteiger partial charge in [0, 0.05) is 31.2 Å². The maximum Gasteiger partial charge on any atom is 0.208 e. The van der Waals surface area contributed by atoms with E-state index in [0.29, 0.717) is 24.6 Å². The first-order valence-electron chi connectivity index (χ1n) is 11.7. The van der Waals surface area contributed by atoms with E-state index in [2.05, 4.69) is 26.7 Å². The predicted molar refractivity (Wildman–Crippen MR) is 128 cm³/mol. The number of benzene rings is 1. The molecule has 2 heterocycles. The molecule has 2 atom stereocenters. The maximum atomic E-state index is 11.9. The molecule has 0 unspecified atom stereocenters. The van der Waals surface area contributed by atoms with Gasteiger partial charge in [-0.1, -0.05) is 18.2 Å². The van der Waals surface area contributed by atoms with Crippen LogP contribution in [0, 0.1) is 17.2 Å². The summed E-state index contributed by atoms with van der Waals surface area (Å²) in [6.45, 7) is 1.99. The largest absolute Gasteiger partial charge is 0.378 e. The fourth-order valence-electron chi connectivity index (χ4n) is 5.06. The summed E-state index contributed by atoms with van der Waals surface area (Å²) in [6, 6.07) is 15.9. The fraction of sp³-hybridized carbons (Fsp3) is 0.520. The van der Waals surface area contributed by atoms with Crippen LogP contribution in [-0.4, -0.2) is 51.5 Å². The summed E-state index contributed by atoms with van der Waals surface area (Å²) in [7, 11) is -3.29. The molecule has 2 aromatic rings. The minimum atomic E-state index is -3.29. The number of nitrogens with zero attached hydrogens (tertiary/aromatic N) is 3. The van der Waals surface area contributed by atoms with Gasteiger partial charge in [0.1, 0.15) is 5.82 Å². The van der Waals surface area contributed by atoms with Gasteiger partial charge in [0.15, 0.2) is 0 Å². The van der Waals surface area contributed by atoms with Crippen LogP contribution in [0.1, 0.15) is 49.1 Å². The van der Waals surface area contributed by atoms with Crippen molar-refractivity contribution in [1.82, 2.24) is 9.71 Å². The second kappa shape index (κ2) is 10.6. The molecule has 0 bridgehead atoms. The quantitative estimate of drug-likeness (QED) is 0.669. The van der Waals surface area contributed by atoms with Crippen LogP contribution in [0.15, 0.2) is 48.7 Å². The van der Waals surface area contributed by atoms with Crippen molar-refractivity contribution in [2.75, 3.05) is 30.9 Å². The Morgan fingerprint density at radius 2 is 1.97 bits per heavy atom. The molecule has 1 saturated carbocycles. The molecule has 1 saturated heterocycles. The lowest BCUT2D eigenvalue weighted by molar-refractivity contribution is -0.00213. The lowest BCUT2D eigenvalue weighted by Crippen LogP contribution is -2.52. The van der Waals surface area contributed by atoms with Crippen LogP contribution < -0.4 is 9.62 Å². The first-order chi connectivity index (χ1) is 15.9. The van der Waals surface area contributed by atoms with E-state index in [-0.39, 0.29) is 18.1 Å². The van der Waals surface area contributed by atoms with E-state index in [9.17, 15) is 8.42 Å². The molecular weight excluding hydrogens is 436 g/mol. The molecule has 1 aromatic carbocycles. The second-order valence-electron chi connectivity index (χ2n) is 9.22. The summed E-state index contributed by atoms with van der Waals surface area (Å²) in [4.78, 5) is 6.68. The molecule has 1 N–H and O–H groups in total. The first kappa shape index (κ1) is 23.7. The summed E-state index contributed by atoms with van der Waals surface area (Å²) in [5, 5.41) is 9.16. The molecule has 0 spiro atoms. The average molecular weight is 469 g/mol. The molecule has 1 aliphatic carbocycles. The average Bonchev–Trinajstić information content (AvgIpc) is 2.83. The van der Waals surface area contributed by atoms with E-state index in [1.165, 1.54) is 11.8 Å². The van der Waals surface area contributed by atoms with Gasteiger partial charge in [0.05, 0.1) is 30.6 Å². The highest BCUT2D eigenvalue weighted by Crippen LogP contribution is 2.35. The van der Waals surface area contributed by atoms with Gasteiger partial charge in [-0.3, -0.25) is 0 Å². The van der Waals surface area contributed by atoms with Gasteiger partial charge in [-0.05, 0) is 67.9 Å². The van der Waals surface area contributed by atoms with Crippen molar-refractivity contribution < 1.29 is 13.2 Å². The molecule has 2 fully saturated rings. The highest BCUT2D eigenvalue weighted by molar-refractivity contribution is 7.88.